The Balaban J connectivity index is 1.89. The third kappa shape index (κ3) is 3.36. The Hall–Kier alpha value is -2.13. The van der Waals surface area contributed by atoms with Crippen molar-refractivity contribution in [2.75, 3.05) is 4.72 Å². The van der Waals surface area contributed by atoms with Gasteiger partial charge in [0.2, 0.25) is 0 Å². The Kier molecular flexibility index (Phi) is 4.00. The Labute approximate surface area is 140 Å². The average molecular weight is 372 g/mol. The van der Waals surface area contributed by atoms with Crippen LogP contribution >= 0.6 is 11.3 Å². The van der Waals surface area contributed by atoms with Gasteiger partial charge in [0.05, 0.1) is 31.4 Å². The number of hydrogen-bond acceptors (Lipinski definition) is 4. The van der Waals surface area contributed by atoms with Crippen molar-refractivity contribution >= 4 is 37.3 Å². The highest BCUT2D eigenvalue weighted by atomic mass is 32.2. The van der Waals surface area contributed by atoms with E-state index in [-0.39, 0.29) is 4.90 Å². The number of benzene rings is 2. The first-order chi connectivity index (χ1) is 11.1. The number of halogens is 3. The molecular weight excluding hydrogens is 361 g/mol. The number of nitrogens with zero attached hydrogens (tertiary/aromatic N) is 1. The van der Waals surface area contributed by atoms with Crippen LogP contribution in [0.15, 0.2) is 47.4 Å². The lowest BCUT2D eigenvalue weighted by Gasteiger charge is -2.10. The lowest BCUT2D eigenvalue weighted by atomic mass is 10.2. The second-order valence-electron chi connectivity index (χ2n) is 5.04. The summed E-state index contributed by atoms with van der Waals surface area (Å²) in [7, 11) is -3.97. The van der Waals surface area contributed by atoms with Crippen LogP contribution in [0, 0.1) is 6.92 Å². The number of thiazole rings is 1. The highest BCUT2D eigenvalue weighted by Crippen LogP contribution is 2.30. The van der Waals surface area contributed by atoms with Gasteiger partial charge in [-0.05, 0) is 49.4 Å². The molecule has 0 saturated carbocycles. The molecule has 0 bridgehead atoms. The Morgan fingerprint density at radius 3 is 2.38 bits per heavy atom. The highest BCUT2D eigenvalue weighted by molar-refractivity contribution is 7.92. The predicted molar refractivity (Wildman–Crippen MR) is 86.6 cm³/mol. The van der Waals surface area contributed by atoms with Crippen molar-refractivity contribution in [3.8, 4) is 0 Å². The average Bonchev–Trinajstić information content (AvgIpc) is 2.85. The number of aromatic nitrogens is 1. The second-order valence-corrected chi connectivity index (χ2v) is 7.96. The molecule has 0 radical (unpaired) electrons. The fraction of sp³-hybridized carbons (Fsp3) is 0.133. The zero-order valence-electron chi connectivity index (χ0n) is 12.3. The van der Waals surface area contributed by atoms with E-state index >= 15 is 0 Å². The normalized spacial score (nSPS) is 12.5. The SMILES string of the molecule is Cc1nc2ccc(NS(=O)(=O)c3ccc(C(F)(F)F)cc3)cc2s1. The van der Waals surface area contributed by atoms with Gasteiger partial charge < -0.3 is 0 Å². The fourth-order valence-electron chi connectivity index (χ4n) is 2.14. The molecule has 4 nitrogen and oxygen atoms in total. The summed E-state index contributed by atoms with van der Waals surface area (Å²) in [6.07, 6.45) is -4.51. The van der Waals surface area contributed by atoms with Crippen molar-refractivity contribution < 1.29 is 21.6 Å². The number of alkyl halides is 3. The maximum atomic E-state index is 12.5. The van der Waals surface area contributed by atoms with Crippen LogP contribution in [0.5, 0.6) is 0 Å². The minimum Gasteiger partial charge on any atom is -0.280 e. The summed E-state index contributed by atoms with van der Waals surface area (Å²) in [5, 5.41) is 0.854. The van der Waals surface area contributed by atoms with E-state index in [9.17, 15) is 21.6 Å². The largest absolute Gasteiger partial charge is 0.416 e. The molecule has 0 fully saturated rings. The predicted octanol–water partition coefficient (Wildman–Crippen LogP) is 4.42. The van der Waals surface area contributed by atoms with Crippen LogP contribution in [0.4, 0.5) is 18.9 Å². The van der Waals surface area contributed by atoms with E-state index in [2.05, 4.69) is 9.71 Å². The second kappa shape index (κ2) is 5.75. The van der Waals surface area contributed by atoms with Gasteiger partial charge in [0, 0.05) is 0 Å². The molecule has 2 aromatic carbocycles. The van der Waals surface area contributed by atoms with Gasteiger partial charge in [0.1, 0.15) is 0 Å². The summed E-state index contributed by atoms with van der Waals surface area (Å²) in [5.74, 6) is 0. The van der Waals surface area contributed by atoms with Gasteiger partial charge in [-0.25, -0.2) is 13.4 Å². The molecule has 24 heavy (non-hydrogen) atoms. The first-order valence-corrected chi connectivity index (χ1v) is 9.02. The molecule has 3 rings (SSSR count). The molecular formula is C15H11F3N2O2S2. The topological polar surface area (TPSA) is 59.1 Å². The van der Waals surface area contributed by atoms with E-state index < -0.39 is 21.8 Å². The summed E-state index contributed by atoms with van der Waals surface area (Å²) >= 11 is 1.42. The third-order valence-corrected chi connectivity index (χ3v) is 5.57. The molecule has 126 valence electrons. The molecule has 0 amide bonds. The van der Waals surface area contributed by atoms with Crippen molar-refractivity contribution in [3.63, 3.8) is 0 Å². The van der Waals surface area contributed by atoms with Crippen LogP contribution in [-0.2, 0) is 16.2 Å². The van der Waals surface area contributed by atoms with E-state index in [0.29, 0.717) is 5.69 Å². The number of anilines is 1. The third-order valence-electron chi connectivity index (χ3n) is 3.24. The standard InChI is InChI=1S/C15H11F3N2O2S2/c1-9-19-13-7-4-11(8-14(13)23-9)20-24(21,22)12-5-2-10(3-6-12)15(16,17)18/h2-8,20H,1H3. The Morgan fingerprint density at radius 1 is 1.08 bits per heavy atom. The van der Waals surface area contributed by atoms with Crippen LogP contribution in [-0.4, -0.2) is 13.4 Å². The summed E-state index contributed by atoms with van der Waals surface area (Å²) in [4.78, 5) is 4.04. The minimum atomic E-state index is -4.51. The Bertz CT molecular complexity index is 994. The molecule has 0 saturated heterocycles. The van der Waals surface area contributed by atoms with Gasteiger partial charge in [0.15, 0.2) is 0 Å². The highest BCUT2D eigenvalue weighted by Gasteiger charge is 2.30. The molecule has 0 unspecified atom stereocenters. The van der Waals surface area contributed by atoms with E-state index in [1.165, 1.54) is 11.3 Å². The quantitative estimate of drug-likeness (QED) is 0.740. The first-order valence-electron chi connectivity index (χ1n) is 6.72. The summed E-state index contributed by atoms with van der Waals surface area (Å²) in [5.41, 5.74) is 0.184. The molecule has 0 atom stereocenters. The van der Waals surface area contributed by atoms with Crippen molar-refractivity contribution in [2.24, 2.45) is 0 Å². The number of fused-ring (bicyclic) bond motifs is 1. The molecule has 9 heteroatoms. The number of aryl methyl sites for hydroxylation is 1. The van der Waals surface area contributed by atoms with Crippen LogP contribution in [0.25, 0.3) is 10.2 Å². The Morgan fingerprint density at radius 2 is 1.75 bits per heavy atom. The lowest BCUT2D eigenvalue weighted by molar-refractivity contribution is -0.137. The van der Waals surface area contributed by atoms with Gasteiger partial charge in [-0.1, -0.05) is 0 Å². The van der Waals surface area contributed by atoms with Crippen LogP contribution in [0.1, 0.15) is 10.6 Å². The van der Waals surface area contributed by atoms with Gasteiger partial charge in [-0.3, -0.25) is 4.72 Å². The number of rotatable bonds is 3. The van der Waals surface area contributed by atoms with Crippen molar-refractivity contribution in [1.29, 1.82) is 0 Å². The molecule has 0 spiro atoms. The fourth-order valence-corrected chi connectivity index (χ4v) is 4.06. The lowest BCUT2D eigenvalue weighted by Crippen LogP contribution is -2.13. The molecule has 1 heterocycles. The van der Waals surface area contributed by atoms with Crippen LogP contribution in [0.2, 0.25) is 0 Å². The van der Waals surface area contributed by atoms with Gasteiger partial charge in [0.25, 0.3) is 10.0 Å². The maximum Gasteiger partial charge on any atom is 0.416 e. The van der Waals surface area contributed by atoms with Crippen LogP contribution < -0.4 is 4.72 Å². The molecule has 1 aromatic heterocycles. The maximum absolute atomic E-state index is 12.5. The monoisotopic (exact) mass is 372 g/mol. The van der Waals surface area contributed by atoms with E-state index in [1.807, 2.05) is 6.92 Å². The van der Waals surface area contributed by atoms with Crippen molar-refractivity contribution in [1.82, 2.24) is 4.98 Å². The van der Waals surface area contributed by atoms with E-state index in [1.54, 1.807) is 18.2 Å². The molecule has 0 aliphatic carbocycles. The van der Waals surface area contributed by atoms with E-state index in [4.69, 9.17) is 0 Å². The smallest absolute Gasteiger partial charge is 0.280 e. The van der Waals surface area contributed by atoms with E-state index in [0.717, 1.165) is 39.5 Å². The molecule has 3 aromatic rings. The van der Waals surface area contributed by atoms with Gasteiger partial charge in [-0.15, -0.1) is 11.3 Å². The first kappa shape index (κ1) is 16.7. The zero-order valence-corrected chi connectivity index (χ0v) is 13.9. The molecule has 0 aliphatic heterocycles. The summed E-state index contributed by atoms with van der Waals surface area (Å²) in [6.45, 7) is 1.84. The molecule has 1 N–H and O–H groups in total. The summed E-state index contributed by atoms with van der Waals surface area (Å²) < 4.78 is 65.4. The minimum absolute atomic E-state index is 0.240. The van der Waals surface area contributed by atoms with Crippen molar-refractivity contribution in [2.45, 2.75) is 18.0 Å². The van der Waals surface area contributed by atoms with Gasteiger partial charge >= 0.3 is 6.18 Å². The number of hydrogen-bond donors (Lipinski definition) is 1. The zero-order chi connectivity index (χ0) is 17.5. The van der Waals surface area contributed by atoms with Crippen molar-refractivity contribution in [3.05, 3.63) is 53.0 Å². The summed E-state index contributed by atoms with van der Waals surface area (Å²) in [6, 6.07) is 8.23. The number of sulfonamides is 1. The molecule has 0 aliphatic rings. The van der Waals surface area contributed by atoms with Crippen LogP contribution in [0.3, 0.4) is 0 Å². The van der Waals surface area contributed by atoms with Gasteiger partial charge in [-0.2, -0.15) is 13.2 Å². The number of nitrogens with one attached hydrogen (secondary N) is 1.